The number of halogens is 1. The molecule has 0 aromatic heterocycles. The third-order valence-electron chi connectivity index (χ3n) is 1.14. The molecule has 0 atom stereocenters. The molecule has 0 fully saturated rings. The third-order valence-corrected chi connectivity index (χ3v) is 4.18. The summed E-state index contributed by atoms with van der Waals surface area (Å²) in [6, 6.07) is 9.09. The van der Waals surface area contributed by atoms with Crippen molar-refractivity contribution >= 4 is 20.4 Å². The maximum atomic E-state index is 8.24. The molecule has 0 unspecified atom stereocenters. The van der Waals surface area contributed by atoms with Crippen molar-refractivity contribution in [3.05, 3.63) is 54.8 Å². The second kappa shape index (κ2) is 5.26. The molecular weight excluding hydrogens is 283 g/mol. The first kappa shape index (κ1) is 9.66. The van der Waals surface area contributed by atoms with Crippen LogP contribution in [0.1, 0.15) is 0 Å². The zero-order chi connectivity index (χ0) is 9.52. The summed E-state index contributed by atoms with van der Waals surface area (Å²) in [7, 11) is 0. The van der Waals surface area contributed by atoms with E-state index in [0.29, 0.717) is 0 Å². The van der Waals surface area contributed by atoms with Crippen LogP contribution >= 0.6 is 20.4 Å². The van der Waals surface area contributed by atoms with Crippen molar-refractivity contribution in [2.45, 2.75) is 0 Å². The van der Waals surface area contributed by atoms with E-state index in [9.17, 15) is 0 Å². The average molecular weight is 288 g/mol. The number of hydrogen-bond acceptors (Lipinski definition) is 2. The number of azide groups is 1. The van der Waals surface area contributed by atoms with Gasteiger partial charge in [-0.15, -0.1) is 0 Å². The summed E-state index contributed by atoms with van der Waals surface area (Å²) in [4.78, 5) is 5.32. The van der Waals surface area contributed by atoms with Crippen molar-refractivity contribution in [1.82, 2.24) is 0 Å². The fourth-order valence-corrected chi connectivity index (χ4v) is 2.70. The molecule has 0 radical (unpaired) electrons. The van der Waals surface area contributed by atoms with Crippen LogP contribution < -0.4 is 0 Å². The van der Waals surface area contributed by atoms with Gasteiger partial charge in [0.05, 0.1) is 0 Å². The molecule has 0 N–H and O–H groups in total. The minimum atomic E-state index is -2.35. The standard InChI is InChI=1S/C6H5IN6/c8-12-10-7(11-13-9)6-4-2-1-3-5-6/h1-5H. The third kappa shape index (κ3) is 2.83. The summed E-state index contributed by atoms with van der Waals surface area (Å²) >= 11 is -2.35. The van der Waals surface area contributed by atoms with Crippen LogP contribution in [0.25, 0.3) is 20.9 Å². The Hall–Kier alpha value is -1.43. The van der Waals surface area contributed by atoms with E-state index in [1.54, 1.807) is 12.1 Å². The van der Waals surface area contributed by atoms with E-state index in [-0.39, 0.29) is 0 Å². The molecule has 66 valence electrons. The van der Waals surface area contributed by atoms with Crippen molar-refractivity contribution in [2.24, 2.45) is 6.66 Å². The van der Waals surface area contributed by atoms with Gasteiger partial charge in [0.2, 0.25) is 0 Å². The van der Waals surface area contributed by atoms with Crippen molar-refractivity contribution in [3.63, 3.8) is 0 Å². The van der Waals surface area contributed by atoms with Crippen LogP contribution in [0, 0.1) is 3.57 Å². The SMILES string of the molecule is [N-]=[N+]=NI(N=[N+]=[N-])c1ccccc1. The van der Waals surface area contributed by atoms with Crippen molar-refractivity contribution < 1.29 is 0 Å². The molecular formula is C6H5IN6. The Balaban J connectivity index is 3.01. The molecule has 0 saturated carbocycles. The summed E-state index contributed by atoms with van der Waals surface area (Å²) < 4.78 is 7.84. The van der Waals surface area contributed by atoms with Gasteiger partial charge in [0.25, 0.3) is 0 Å². The summed E-state index contributed by atoms with van der Waals surface area (Å²) in [6.45, 7) is 0. The van der Waals surface area contributed by atoms with Crippen molar-refractivity contribution in [2.75, 3.05) is 0 Å². The number of rotatable bonds is 3. The van der Waals surface area contributed by atoms with Crippen molar-refractivity contribution in [3.8, 4) is 0 Å². The summed E-state index contributed by atoms with van der Waals surface area (Å²) in [5.74, 6) is 0. The van der Waals surface area contributed by atoms with E-state index < -0.39 is 20.4 Å². The molecule has 1 aromatic rings. The number of nitrogens with zero attached hydrogens (tertiary/aromatic N) is 6. The molecule has 0 saturated heterocycles. The van der Waals surface area contributed by atoms with Gasteiger partial charge >= 0.3 is 81.8 Å². The monoisotopic (exact) mass is 288 g/mol. The fraction of sp³-hybridized carbons (Fsp3) is 0. The van der Waals surface area contributed by atoms with E-state index in [2.05, 4.69) is 16.5 Å². The van der Waals surface area contributed by atoms with Crippen LogP contribution in [0.2, 0.25) is 0 Å². The second-order valence-corrected chi connectivity index (χ2v) is 5.38. The molecule has 0 aliphatic rings. The first-order chi connectivity index (χ1) is 6.38. The maximum absolute atomic E-state index is 8.24. The predicted octanol–water partition coefficient (Wildman–Crippen LogP) is 3.81. The van der Waals surface area contributed by atoms with Crippen LogP contribution in [0.4, 0.5) is 0 Å². The zero-order valence-corrected chi connectivity index (χ0v) is 8.61. The Kier molecular flexibility index (Phi) is 3.90. The van der Waals surface area contributed by atoms with Crippen LogP contribution in [-0.4, -0.2) is 0 Å². The topological polar surface area (TPSA) is 97.5 Å². The minimum absolute atomic E-state index is 0.835. The van der Waals surface area contributed by atoms with Crippen LogP contribution in [-0.2, 0) is 0 Å². The summed E-state index contributed by atoms with van der Waals surface area (Å²) in [5, 5.41) is 0. The van der Waals surface area contributed by atoms with Crippen LogP contribution in [0.3, 0.4) is 0 Å². The van der Waals surface area contributed by atoms with Gasteiger partial charge < -0.3 is 0 Å². The molecule has 0 spiro atoms. The van der Waals surface area contributed by atoms with E-state index in [0.717, 1.165) is 3.57 Å². The van der Waals surface area contributed by atoms with Gasteiger partial charge in [-0.3, -0.25) is 0 Å². The van der Waals surface area contributed by atoms with Gasteiger partial charge in [-0.2, -0.15) is 0 Å². The normalized spacial score (nSPS) is 9.38. The molecule has 7 heteroatoms. The zero-order valence-electron chi connectivity index (χ0n) is 6.45. The quantitative estimate of drug-likeness (QED) is 0.349. The van der Waals surface area contributed by atoms with Crippen molar-refractivity contribution in [1.29, 1.82) is 0 Å². The van der Waals surface area contributed by atoms with E-state index >= 15 is 0 Å². The first-order valence-corrected chi connectivity index (χ1v) is 6.25. The Bertz CT molecular complexity index is 346. The predicted molar refractivity (Wildman–Crippen MR) is 57.5 cm³/mol. The van der Waals surface area contributed by atoms with Gasteiger partial charge in [0, 0.05) is 0 Å². The fourth-order valence-electron chi connectivity index (χ4n) is 0.694. The Labute approximate surface area is 81.9 Å². The molecule has 0 heterocycles. The molecule has 1 aromatic carbocycles. The van der Waals surface area contributed by atoms with E-state index in [1.165, 1.54) is 0 Å². The Morgan fingerprint density at radius 1 is 1.00 bits per heavy atom. The van der Waals surface area contributed by atoms with Crippen LogP contribution in [0.15, 0.2) is 37.0 Å². The van der Waals surface area contributed by atoms with E-state index in [1.807, 2.05) is 18.2 Å². The van der Waals surface area contributed by atoms with Gasteiger partial charge in [-0.05, 0) is 0 Å². The van der Waals surface area contributed by atoms with Gasteiger partial charge in [-0.25, -0.2) is 0 Å². The first-order valence-electron chi connectivity index (χ1n) is 3.24. The second-order valence-electron chi connectivity index (χ2n) is 1.87. The van der Waals surface area contributed by atoms with Crippen LogP contribution in [0.5, 0.6) is 0 Å². The molecule has 1 rings (SSSR count). The molecule has 0 amide bonds. The van der Waals surface area contributed by atoms with Gasteiger partial charge in [0.1, 0.15) is 0 Å². The molecule has 0 aliphatic carbocycles. The molecule has 13 heavy (non-hydrogen) atoms. The van der Waals surface area contributed by atoms with E-state index in [4.69, 9.17) is 11.1 Å². The Morgan fingerprint density at radius 2 is 1.54 bits per heavy atom. The van der Waals surface area contributed by atoms with Gasteiger partial charge in [-0.1, -0.05) is 0 Å². The molecule has 6 nitrogen and oxygen atoms in total. The molecule has 0 aliphatic heterocycles. The average Bonchev–Trinajstić information content (AvgIpc) is 2.19. The van der Waals surface area contributed by atoms with Gasteiger partial charge in [0.15, 0.2) is 0 Å². The summed E-state index contributed by atoms with van der Waals surface area (Å²) in [5.41, 5.74) is 16.5. The molecule has 0 bridgehead atoms. The number of hydrogen-bond donors (Lipinski definition) is 0. The Morgan fingerprint density at radius 3 is 2.00 bits per heavy atom. The summed E-state index contributed by atoms with van der Waals surface area (Å²) in [6.07, 6.45) is 0. The number of benzene rings is 1.